The van der Waals surface area contributed by atoms with Gasteiger partial charge in [0, 0.05) is 22.5 Å². The molecule has 0 aromatic heterocycles. The molecule has 2 saturated carbocycles. The van der Waals surface area contributed by atoms with E-state index in [0.29, 0.717) is 45.5 Å². The van der Waals surface area contributed by atoms with E-state index < -0.39 is 0 Å². The third-order valence-corrected chi connectivity index (χ3v) is 9.61. The lowest BCUT2D eigenvalue weighted by molar-refractivity contribution is 0.0980. The Morgan fingerprint density at radius 2 is 0.833 bits per heavy atom. The molecule has 4 nitrogen and oxygen atoms in total. The first-order valence-corrected chi connectivity index (χ1v) is 15.7. The van der Waals surface area contributed by atoms with Gasteiger partial charge >= 0.3 is 0 Å². The Morgan fingerprint density at radius 1 is 0.452 bits per heavy atom. The van der Waals surface area contributed by atoms with Gasteiger partial charge in [-0.3, -0.25) is 9.59 Å². The number of carbonyl (C=O) groups excluding carboxylic acids is 2. The van der Waals surface area contributed by atoms with E-state index in [9.17, 15) is 9.59 Å². The molecule has 0 bridgehead atoms. The average Bonchev–Trinajstić information content (AvgIpc) is 3.06. The van der Waals surface area contributed by atoms with Crippen molar-refractivity contribution in [3.05, 3.63) is 118 Å². The van der Waals surface area contributed by atoms with E-state index >= 15 is 0 Å². The summed E-state index contributed by atoms with van der Waals surface area (Å²) in [4.78, 5) is 27.9. The van der Waals surface area contributed by atoms with Crippen molar-refractivity contribution in [3.8, 4) is 0 Å². The zero-order chi connectivity index (χ0) is 28.5. The Hall–Kier alpha value is -4.18. The third kappa shape index (κ3) is 5.15. The molecule has 3 aliphatic carbocycles. The summed E-state index contributed by atoms with van der Waals surface area (Å²) in [5.41, 5.74) is 7.68. The summed E-state index contributed by atoms with van der Waals surface area (Å²) in [5.74, 6) is 1.02. The first kappa shape index (κ1) is 26.7. The molecule has 3 aliphatic rings. The summed E-state index contributed by atoms with van der Waals surface area (Å²) in [6.07, 6.45) is 12.9. The molecule has 42 heavy (non-hydrogen) atoms. The number of rotatable bonds is 6. The van der Waals surface area contributed by atoms with Crippen molar-refractivity contribution >= 4 is 34.3 Å². The summed E-state index contributed by atoms with van der Waals surface area (Å²) >= 11 is 0. The van der Waals surface area contributed by atoms with Gasteiger partial charge in [-0.1, -0.05) is 87.1 Å². The van der Waals surface area contributed by atoms with Gasteiger partial charge in [-0.05, 0) is 85.0 Å². The highest BCUT2D eigenvalue weighted by molar-refractivity contribution is 6.32. The fourth-order valence-corrected chi connectivity index (χ4v) is 7.29. The highest BCUT2D eigenvalue weighted by Crippen LogP contribution is 2.40. The Balaban J connectivity index is 1.21. The lowest BCUT2D eigenvalue weighted by Crippen LogP contribution is -2.23. The molecular weight excluding hydrogens is 516 g/mol. The molecule has 2 fully saturated rings. The second-order valence-electron chi connectivity index (χ2n) is 12.3. The van der Waals surface area contributed by atoms with Crippen LogP contribution in [0.1, 0.15) is 119 Å². The molecule has 0 heterocycles. The van der Waals surface area contributed by atoms with Crippen molar-refractivity contribution in [1.29, 1.82) is 0 Å². The number of ketones is 2. The van der Waals surface area contributed by atoms with Gasteiger partial charge in [0.2, 0.25) is 0 Å². The summed E-state index contributed by atoms with van der Waals surface area (Å²) < 4.78 is 0. The normalized spacial score (nSPS) is 17.4. The minimum atomic E-state index is -0.127. The monoisotopic (exact) mass is 554 g/mol. The van der Waals surface area contributed by atoms with Crippen LogP contribution in [0.15, 0.2) is 84.9 Å². The fourth-order valence-electron chi connectivity index (χ4n) is 7.29. The van der Waals surface area contributed by atoms with E-state index in [0.717, 1.165) is 11.4 Å². The predicted molar refractivity (Wildman–Crippen MR) is 171 cm³/mol. The van der Waals surface area contributed by atoms with Crippen LogP contribution in [0.4, 0.5) is 22.7 Å². The van der Waals surface area contributed by atoms with E-state index in [1.165, 1.54) is 75.3 Å². The van der Waals surface area contributed by atoms with Crippen LogP contribution in [-0.4, -0.2) is 11.6 Å². The number of nitrogens with one attached hydrogen (secondary N) is 2. The van der Waals surface area contributed by atoms with Gasteiger partial charge in [-0.15, -0.1) is 0 Å². The molecule has 0 spiro atoms. The molecule has 0 radical (unpaired) electrons. The minimum absolute atomic E-state index is 0.127. The molecular formula is C38H38N2O2. The highest BCUT2D eigenvalue weighted by atomic mass is 16.1. The summed E-state index contributed by atoms with van der Waals surface area (Å²) in [7, 11) is 0. The van der Waals surface area contributed by atoms with Gasteiger partial charge in [0.1, 0.15) is 0 Å². The van der Waals surface area contributed by atoms with Gasteiger partial charge in [0.25, 0.3) is 0 Å². The maximum Gasteiger partial charge on any atom is 0.196 e. The number of carbonyl (C=O) groups is 2. The van der Waals surface area contributed by atoms with Crippen LogP contribution < -0.4 is 10.6 Å². The van der Waals surface area contributed by atoms with Crippen LogP contribution in [0.2, 0.25) is 0 Å². The third-order valence-electron chi connectivity index (χ3n) is 9.61. The minimum Gasteiger partial charge on any atom is -0.355 e. The van der Waals surface area contributed by atoms with E-state index in [2.05, 4.69) is 59.2 Å². The van der Waals surface area contributed by atoms with Crippen LogP contribution in [-0.2, 0) is 0 Å². The number of anilines is 4. The Kier molecular flexibility index (Phi) is 7.37. The molecule has 212 valence electrons. The average molecular weight is 555 g/mol. The van der Waals surface area contributed by atoms with Gasteiger partial charge in [-0.25, -0.2) is 0 Å². The van der Waals surface area contributed by atoms with Crippen LogP contribution in [0.25, 0.3) is 0 Å². The van der Waals surface area contributed by atoms with E-state index in [1.54, 1.807) is 12.1 Å². The van der Waals surface area contributed by atoms with E-state index in [1.807, 2.05) is 24.3 Å². The van der Waals surface area contributed by atoms with Gasteiger partial charge in [0.05, 0.1) is 22.5 Å². The van der Waals surface area contributed by atoms with Crippen molar-refractivity contribution in [2.24, 2.45) is 0 Å². The maximum atomic E-state index is 13.9. The second kappa shape index (κ2) is 11.6. The molecule has 0 atom stereocenters. The van der Waals surface area contributed by atoms with Gasteiger partial charge in [0.15, 0.2) is 11.6 Å². The molecule has 0 unspecified atom stereocenters. The molecule has 4 aromatic carbocycles. The zero-order valence-electron chi connectivity index (χ0n) is 24.1. The van der Waals surface area contributed by atoms with Crippen LogP contribution >= 0.6 is 0 Å². The van der Waals surface area contributed by atoms with E-state index in [4.69, 9.17) is 0 Å². The molecule has 0 saturated heterocycles. The number of fused-ring (bicyclic) bond motifs is 2. The van der Waals surface area contributed by atoms with Crippen molar-refractivity contribution in [2.45, 2.75) is 76.0 Å². The van der Waals surface area contributed by atoms with Crippen molar-refractivity contribution in [2.75, 3.05) is 10.6 Å². The van der Waals surface area contributed by atoms with Crippen molar-refractivity contribution in [3.63, 3.8) is 0 Å². The summed E-state index contributed by atoms with van der Waals surface area (Å²) in [6, 6.07) is 28.2. The standard InChI is InChI=1S/C38H38N2O2/c41-37-31-13-7-8-14-32(31)38(42)36-34(40-30-21-17-28(18-22-30)26-11-5-2-6-12-26)24-23-33(35(36)37)39-29-19-15-27(16-20-29)25-9-3-1-4-10-25/h7-8,13-26,39-40H,1-6,9-12H2. The molecule has 0 amide bonds. The Labute approximate surface area is 248 Å². The SMILES string of the molecule is O=C1c2ccccc2C(=O)c2c(Nc3ccc(C4CCCCC4)cc3)ccc(Nc3ccc(C4CCCCC4)cc3)c21. The number of hydrogen-bond donors (Lipinski definition) is 2. The number of benzene rings is 4. The topological polar surface area (TPSA) is 58.2 Å². The summed E-state index contributed by atoms with van der Waals surface area (Å²) in [6.45, 7) is 0. The second-order valence-corrected chi connectivity index (χ2v) is 12.3. The number of hydrogen-bond acceptors (Lipinski definition) is 4. The smallest absolute Gasteiger partial charge is 0.196 e. The molecule has 4 heteroatoms. The largest absolute Gasteiger partial charge is 0.355 e. The maximum absolute atomic E-state index is 13.9. The van der Waals surface area contributed by atoms with Gasteiger partial charge < -0.3 is 10.6 Å². The van der Waals surface area contributed by atoms with Crippen LogP contribution in [0.3, 0.4) is 0 Å². The molecule has 2 N–H and O–H groups in total. The first-order chi connectivity index (χ1) is 20.7. The lowest BCUT2D eigenvalue weighted by atomic mass is 9.82. The lowest BCUT2D eigenvalue weighted by Gasteiger charge is -2.25. The first-order valence-electron chi connectivity index (χ1n) is 15.7. The van der Waals surface area contributed by atoms with Gasteiger partial charge in [-0.2, -0.15) is 0 Å². The Morgan fingerprint density at radius 3 is 1.21 bits per heavy atom. The van der Waals surface area contributed by atoms with Crippen LogP contribution in [0.5, 0.6) is 0 Å². The molecule has 4 aromatic rings. The Bertz CT molecular complexity index is 1490. The predicted octanol–water partition coefficient (Wildman–Crippen LogP) is 10.0. The summed E-state index contributed by atoms with van der Waals surface area (Å²) in [5, 5.41) is 6.96. The highest BCUT2D eigenvalue weighted by Gasteiger charge is 2.34. The van der Waals surface area contributed by atoms with Crippen molar-refractivity contribution < 1.29 is 9.59 Å². The molecule has 7 rings (SSSR count). The van der Waals surface area contributed by atoms with E-state index in [-0.39, 0.29) is 11.6 Å². The zero-order valence-corrected chi connectivity index (χ0v) is 24.1. The van der Waals surface area contributed by atoms with Crippen molar-refractivity contribution in [1.82, 2.24) is 0 Å². The quantitative estimate of drug-likeness (QED) is 0.219. The van der Waals surface area contributed by atoms with Crippen LogP contribution in [0, 0.1) is 0 Å². The fraction of sp³-hybridized carbons (Fsp3) is 0.316. The molecule has 0 aliphatic heterocycles.